The summed E-state index contributed by atoms with van der Waals surface area (Å²) < 4.78 is 5.47. The Hall–Kier alpha value is -2.92. The van der Waals surface area contributed by atoms with E-state index in [2.05, 4.69) is 11.9 Å². The van der Waals surface area contributed by atoms with Crippen LogP contribution in [0.15, 0.2) is 54.6 Å². The lowest BCUT2D eigenvalue weighted by atomic mass is 10.1. The van der Waals surface area contributed by atoms with Crippen LogP contribution in [0.25, 0.3) is 10.9 Å². The number of fused-ring (bicyclic) bond motifs is 1. The molecule has 1 aliphatic rings. The summed E-state index contributed by atoms with van der Waals surface area (Å²) in [6.45, 7) is 2.44. The third kappa shape index (κ3) is 4.10. The highest BCUT2D eigenvalue weighted by Crippen LogP contribution is 2.27. The van der Waals surface area contributed by atoms with Crippen molar-refractivity contribution in [2.24, 2.45) is 5.92 Å². The largest absolute Gasteiger partial charge is 0.460 e. The molecule has 0 spiro atoms. The van der Waals surface area contributed by atoms with Crippen molar-refractivity contribution in [3.05, 3.63) is 70.9 Å². The Morgan fingerprint density at radius 1 is 1.21 bits per heavy atom. The zero-order valence-electron chi connectivity index (χ0n) is 16.1. The molecule has 1 aromatic heterocycles. The van der Waals surface area contributed by atoms with E-state index in [0.29, 0.717) is 17.3 Å². The number of nitrogens with zero attached hydrogens (tertiary/aromatic N) is 2. The van der Waals surface area contributed by atoms with Crippen LogP contribution in [0.5, 0.6) is 0 Å². The number of hydrogen-bond acceptors (Lipinski definition) is 4. The molecule has 5 nitrogen and oxygen atoms in total. The average Bonchev–Trinajstić information content (AvgIpc) is 3.13. The second-order valence-electron chi connectivity index (χ2n) is 7.16. The highest BCUT2D eigenvalue weighted by Gasteiger charge is 2.36. The summed E-state index contributed by atoms with van der Waals surface area (Å²) >= 11 is 6.23. The predicted octanol–water partition coefficient (Wildman–Crippen LogP) is 4.55. The number of rotatable bonds is 5. The van der Waals surface area contributed by atoms with E-state index in [1.54, 1.807) is 4.90 Å². The van der Waals surface area contributed by atoms with Gasteiger partial charge in [-0.15, -0.1) is 0 Å². The molecular formula is C23H21ClN2O3. The van der Waals surface area contributed by atoms with Gasteiger partial charge in [0.2, 0.25) is 5.91 Å². The predicted molar refractivity (Wildman–Crippen MR) is 113 cm³/mol. The maximum absolute atomic E-state index is 12.6. The Morgan fingerprint density at radius 2 is 1.97 bits per heavy atom. The van der Waals surface area contributed by atoms with Gasteiger partial charge in [-0.2, -0.15) is 0 Å². The lowest BCUT2D eigenvalue weighted by Gasteiger charge is -2.17. The first-order valence-electron chi connectivity index (χ1n) is 9.65. The van der Waals surface area contributed by atoms with E-state index >= 15 is 0 Å². The Morgan fingerprint density at radius 3 is 2.72 bits per heavy atom. The molecule has 0 radical (unpaired) electrons. The van der Waals surface area contributed by atoms with Crippen molar-refractivity contribution in [1.82, 2.24) is 4.98 Å². The molecular weight excluding hydrogens is 388 g/mol. The standard InChI is InChI=1S/C23H21ClN2O3/c1-2-15-7-9-19(10-8-15)26-13-17(12-21(26)27)23(28)29-14-18-11-16-5-3-4-6-20(16)25-22(18)24/h3-11,17H,2,12-14H2,1H3. The first kappa shape index (κ1) is 19.4. The molecule has 6 heteroatoms. The Labute approximate surface area is 174 Å². The molecule has 3 aromatic rings. The third-order valence-electron chi connectivity index (χ3n) is 5.23. The van der Waals surface area contributed by atoms with Gasteiger partial charge < -0.3 is 9.64 Å². The molecule has 1 saturated heterocycles. The lowest BCUT2D eigenvalue weighted by Crippen LogP contribution is -2.26. The van der Waals surface area contributed by atoms with Crippen LogP contribution in [0, 0.1) is 5.92 Å². The van der Waals surface area contributed by atoms with E-state index in [0.717, 1.165) is 23.0 Å². The molecule has 0 aliphatic carbocycles. The fourth-order valence-corrected chi connectivity index (χ4v) is 3.73. The second kappa shape index (κ2) is 8.21. The summed E-state index contributed by atoms with van der Waals surface area (Å²) in [4.78, 5) is 30.9. The van der Waals surface area contributed by atoms with Crippen molar-refractivity contribution in [3.63, 3.8) is 0 Å². The number of halogens is 1. The third-order valence-corrected chi connectivity index (χ3v) is 5.56. The molecule has 1 aliphatic heterocycles. The summed E-state index contributed by atoms with van der Waals surface area (Å²) in [6.07, 6.45) is 1.09. The van der Waals surface area contributed by atoms with Gasteiger partial charge >= 0.3 is 5.97 Å². The van der Waals surface area contributed by atoms with E-state index in [9.17, 15) is 9.59 Å². The van der Waals surface area contributed by atoms with Crippen LogP contribution >= 0.6 is 11.6 Å². The summed E-state index contributed by atoms with van der Waals surface area (Å²) in [5.74, 6) is -0.947. The normalized spacial score (nSPS) is 16.4. The quantitative estimate of drug-likeness (QED) is 0.459. The first-order valence-corrected chi connectivity index (χ1v) is 10.0. The number of aryl methyl sites for hydroxylation is 1. The number of pyridine rings is 1. The van der Waals surface area contributed by atoms with Crippen molar-refractivity contribution in [3.8, 4) is 0 Å². The van der Waals surface area contributed by atoms with E-state index in [1.165, 1.54) is 5.56 Å². The number of ether oxygens (including phenoxy) is 1. The number of carbonyl (C=O) groups is 2. The number of carbonyl (C=O) groups excluding carboxylic acids is 2. The topological polar surface area (TPSA) is 59.5 Å². The van der Waals surface area contributed by atoms with Gasteiger partial charge in [0, 0.05) is 29.6 Å². The molecule has 29 heavy (non-hydrogen) atoms. The van der Waals surface area contributed by atoms with Crippen LogP contribution in [-0.4, -0.2) is 23.4 Å². The second-order valence-corrected chi connectivity index (χ2v) is 7.52. The summed E-state index contributed by atoms with van der Waals surface area (Å²) in [7, 11) is 0. The van der Waals surface area contributed by atoms with Crippen LogP contribution < -0.4 is 4.90 Å². The minimum atomic E-state index is -0.486. The molecule has 0 N–H and O–H groups in total. The minimum Gasteiger partial charge on any atom is -0.460 e. The zero-order chi connectivity index (χ0) is 20.4. The molecule has 1 unspecified atom stereocenters. The molecule has 1 atom stereocenters. The van der Waals surface area contributed by atoms with Crippen LogP contribution in [0.1, 0.15) is 24.5 Å². The van der Waals surface area contributed by atoms with Gasteiger partial charge in [0.05, 0.1) is 11.4 Å². The van der Waals surface area contributed by atoms with Gasteiger partial charge in [0.25, 0.3) is 0 Å². The fraction of sp³-hybridized carbons (Fsp3) is 0.261. The number of hydrogen-bond donors (Lipinski definition) is 0. The maximum Gasteiger partial charge on any atom is 0.311 e. The SMILES string of the molecule is CCc1ccc(N2CC(C(=O)OCc3cc4ccccc4nc3Cl)CC2=O)cc1. The molecule has 148 valence electrons. The molecule has 0 bridgehead atoms. The van der Waals surface area contributed by atoms with Crippen LogP contribution in [0.2, 0.25) is 5.15 Å². The first-order chi connectivity index (χ1) is 14.0. The van der Waals surface area contributed by atoms with Gasteiger partial charge in [-0.1, -0.05) is 48.9 Å². The van der Waals surface area contributed by atoms with E-state index in [1.807, 2.05) is 54.6 Å². The Balaban J connectivity index is 1.41. The van der Waals surface area contributed by atoms with E-state index in [4.69, 9.17) is 16.3 Å². The van der Waals surface area contributed by atoms with Gasteiger partial charge in [-0.25, -0.2) is 4.98 Å². The number of para-hydroxylation sites is 1. The average molecular weight is 409 g/mol. The van der Waals surface area contributed by atoms with Gasteiger partial charge in [-0.05, 0) is 36.2 Å². The van der Waals surface area contributed by atoms with Crippen molar-refractivity contribution < 1.29 is 14.3 Å². The van der Waals surface area contributed by atoms with Crippen molar-refractivity contribution >= 4 is 40.1 Å². The van der Waals surface area contributed by atoms with Gasteiger partial charge in [0.1, 0.15) is 11.8 Å². The molecule has 4 rings (SSSR count). The summed E-state index contributed by atoms with van der Waals surface area (Å²) in [5, 5.41) is 1.25. The number of benzene rings is 2. The van der Waals surface area contributed by atoms with Crippen LogP contribution in [-0.2, 0) is 27.4 Å². The number of anilines is 1. The van der Waals surface area contributed by atoms with Crippen LogP contribution in [0.3, 0.4) is 0 Å². The zero-order valence-corrected chi connectivity index (χ0v) is 16.9. The monoisotopic (exact) mass is 408 g/mol. The molecule has 2 heterocycles. The van der Waals surface area contributed by atoms with Crippen molar-refractivity contribution in [2.75, 3.05) is 11.4 Å². The van der Waals surface area contributed by atoms with E-state index in [-0.39, 0.29) is 18.9 Å². The number of esters is 1. The molecule has 1 amide bonds. The van der Waals surface area contributed by atoms with E-state index < -0.39 is 11.9 Å². The highest BCUT2D eigenvalue weighted by atomic mass is 35.5. The molecule has 0 saturated carbocycles. The summed E-state index contributed by atoms with van der Waals surface area (Å²) in [6, 6.07) is 17.3. The van der Waals surface area contributed by atoms with Crippen molar-refractivity contribution in [2.45, 2.75) is 26.4 Å². The van der Waals surface area contributed by atoms with Crippen LogP contribution in [0.4, 0.5) is 5.69 Å². The van der Waals surface area contributed by atoms with Gasteiger partial charge in [0.15, 0.2) is 0 Å². The summed E-state index contributed by atoms with van der Waals surface area (Å²) in [5.41, 5.74) is 3.45. The maximum atomic E-state index is 12.6. The lowest BCUT2D eigenvalue weighted by molar-refractivity contribution is -0.149. The minimum absolute atomic E-state index is 0.0331. The Kier molecular flexibility index (Phi) is 5.49. The Bertz CT molecular complexity index is 1070. The number of aromatic nitrogens is 1. The number of amides is 1. The molecule has 2 aromatic carbocycles. The fourth-order valence-electron chi connectivity index (χ4n) is 3.53. The smallest absolute Gasteiger partial charge is 0.311 e. The highest BCUT2D eigenvalue weighted by molar-refractivity contribution is 6.30. The van der Waals surface area contributed by atoms with Gasteiger partial charge in [-0.3, -0.25) is 9.59 Å². The molecule has 1 fully saturated rings. The van der Waals surface area contributed by atoms with Crippen molar-refractivity contribution in [1.29, 1.82) is 0 Å².